The van der Waals surface area contributed by atoms with Crippen LogP contribution in [0.25, 0.3) is 0 Å². The van der Waals surface area contributed by atoms with Crippen LogP contribution in [0.5, 0.6) is 0 Å². The maximum Gasteiger partial charge on any atom is 0.258 e. The topological polar surface area (TPSA) is 91.8 Å². The molecule has 8 nitrogen and oxygen atoms in total. The van der Waals surface area contributed by atoms with Crippen molar-refractivity contribution in [2.45, 2.75) is 24.4 Å². The second-order valence-electron chi connectivity index (χ2n) is 8.30. The summed E-state index contributed by atoms with van der Waals surface area (Å²) in [4.78, 5) is 21.2. The van der Waals surface area contributed by atoms with Crippen LogP contribution in [-0.2, 0) is 34.3 Å². The third kappa shape index (κ3) is 4.91. The number of ether oxygens (including phenoxy) is 1. The highest BCUT2D eigenvalue weighted by Crippen LogP contribution is 2.30. The maximum atomic E-state index is 13.2. The number of carbonyl (C=O) groups excluding carboxylic acids is 1. The third-order valence-electron chi connectivity index (χ3n) is 6.00. The molecule has 1 aromatic heterocycles. The number of anilines is 1. The second kappa shape index (κ2) is 9.93. The molecule has 0 spiro atoms. The Balaban J connectivity index is 1.31. The van der Waals surface area contributed by atoms with Crippen molar-refractivity contribution in [2.75, 3.05) is 38.2 Å². The molecule has 1 fully saturated rings. The van der Waals surface area contributed by atoms with Gasteiger partial charge in [-0.05, 0) is 17.7 Å². The summed E-state index contributed by atoms with van der Waals surface area (Å²) < 4.78 is 33.0. The van der Waals surface area contributed by atoms with Gasteiger partial charge >= 0.3 is 0 Å². The summed E-state index contributed by atoms with van der Waals surface area (Å²) in [5, 5.41) is 3.33. The first-order valence-electron chi connectivity index (χ1n) is 11.2. The van der Waals surface area contributed by atoms with E-state index in [0.29, 0.717) is 18.3 Å². The van der Waals surface area contributed by atoms with Gasteiger partial charge in [-0.3, -0.25) is 15.0 Å². The smallest absolute Gasteiger partial charge is 0.258 e. The van der Waals surface area contributed by atoms with Crippen LogP contribution < -0.4 is 5.32 Å². The van der Waals surface area contributed by atoms with Crippen LogP contribution >= 0.6 is 11.3 Å². The van der Waals surface area contributed by atoms with Gasteiger partial charge in [0.2, 0.25) is 10.0 Å². The van der Waals surface area contributed by atoms with Gasteiger partial charge < -0.3 is 4.74 Å². The average molecular weight is 499 g/mol. The summed E-state index contributed by atoms with van der Waals surface area (Å²) >= 11 is 1.45. The molecular weight excluding hydrogens is 472 g/mol. The quantitative estimate of drug-likeness (QED) is 0.562. The molecule has 0 radical (unpaired) electrons. The number of hydrogen-bond donors (Lipinski definition) is 1. The number of sulfonamides is 1. The first-order chi connectivity index (χ1) is 16.5. The Morgan fingerprint density at radius 3 is 2.56 bits per heavy atom. The highest BCUT2D eigenvalue weighted by Gasteiger charge is 2.30. The van der Waals surface area contributed by atoms with Crippen LogP contribution in [0.4, 0.5) is 5.13 Å². The van der Waals surface area contributed by atoms with E-state index in [1.54, 1.807) is 12.1 Å². The summed E-state index contributed by atoms with van der Waals surface area (Å²) in [5.74, 6) is -0.473. The number of hydrogen-bond acceptors (Lipinski definition) is 7. The van der Waals surface area contributed by atoms with Gasteiger partial charge in [-0.15, -0.1) is 11.3 Å². The molecule has 10 heteroatoms. The van der Waals surface area contributed by atoms with Crippen LogP contribution in [0.15, 0.2) is 59.5 Å². The highest BCUT2D eigenvalue weighted by atomic mass is 32.2. The molecule has 0 saturated carbocycles. The predicted octanol–water partition coefficient (Wildman–Crippen LogP) is 2.97. The first kappa shape index (κ1) is 23.1. The molecule has 5 rings (SSSR count). The van der Waals surface area contributed by atoms with Crippen LogP contribution in [-0.4, -0.2) is 61.4 Å². The summed E-state index contributed by atoms with van der Waals surface area (Å²) in [6.45, 7) is 3.79. The number of benzene rings is 2. The monoisotopic (exact) mass is 498 g/mol. The molecule has 2 aliphatic heterocycles. The Labute approximate surface area is 203 Å². The number of amides is 1. The molecule has 1 saturated heterocycles. The van der Waals surface area contributed by atoms with E-state index < -0.39 is 15.9 Å². The van der Waals surface area contributed by atoms with Gasteiger partial charge in [0.25, 0.3) is 5.91 Å². The van der Waals surface area contributed by atoms with E-state index in [9.17, 15) is 13.2 Å². The van der Waals surface area contributed by atoms with E-state index in [2.05, 4.69) is 27.3 Å². The van der Waals surface area contributed by atoms with Gasteiger partial charge in [0.15, 0.2) is 5.13 Å². The van der Waals surface area contributed by atoms with E-state index >= 15 is 0 Å². The summed E-state index contributed by atoms with van der Waals surface area (Å²) in [5.41, 5.74) is 2.38. The zero-order valence-corrected chi connectivity index (χ0v) is 20.3. The molecule has 0 unspecified atom stereocenters. The molecule has 0 bridgehead atoms. The minimum Gasteiger partial charge on any atom is -0.379 e. The summed E-state index contributed by atoms with van der Waals surface area (Å²) in [6, 6.07) is 16.7. The highest BCUT2D eigenvalue weighted by molar-refractivity contribution is 7.89. The fourth-order valence-corrected chi connectivity index (χ4v) is 6.89. The standard InChI is InChI=1S/C24H26N4O4S2/c29-23(19-8-4-5-9-22(19)34(30,31)28-12-14-32-15-13-28)26-24-25-20-10-11-27(17-21(20)33-24)16-18-6-2-1-3-7-18/h1-9H,10-17H2,(H,25,26,29). The first-order valence-corrected chi connectivity index (χ1v) is 13.5. The van der Waals surface area contributed by atoms with Crippen molar-refractivity contribution >= 4 is 32.4 Å². The van der Waals surface area contributed by atoms with Crippen molar-refractivity contribution in [2.24, 2.45) is 0 Å². The van der Waals surface area contributed by atoms with Gasteiger partial charge in [0.1, 0.15) is 0 Å². The number of carbonyl (C=O) groups is 1. The van der Waals surface area contributed by atoms with Crippen LogP contribution in [0, 0.1) is 0 Å². The van der Waals surface area contributed by atoms with Crippen LogP contribution in [0.1, 0.15) is 26.5 Å². The van der Waals surface area contributed by atoms with Gasteiger partial charge in [-0.1, -0.05) is 42.5 Å². The Bertz CT molecular complexity index is 1270. The van der Waals surface area contributed by atoms with Crippen molar-refractivity contribution in [3.8, 4) is 0 Å². The zero-order valence-electron chi connectivity index (χ0n) is 18.6. The lowest BCUT2D eigenvalue weighted by Gasteiger charge is -2.26. The lowest BCUT2D eigenvalue weighted by Crippen LogP contribution is -2.41. The van der Waals surface area contributed by atoms with Gasteiger partial charge in [0, 0.05) is 44.0 Å². The number of aromatic nitrogens is 1. The van der Waals surface area contributed by atoms with E-state index in [-0.39, 0.29) is 23.5 Å². The van der Waals surface area contributed by atoms with Crippen LogP contribution in [0.3, 0.4) is 0 Å². The van der Waals surface area contributed by atoms with Gasteiger partial charge in [0.05, 0.1) is 29.4 Å². The fourth-order valence-electron chi connectivity index (χ4n) is 4.25. The van der Waals surface area contributed by atoms with Gasteiger partial charge in [-0.25, -0.2) is 13.4 Å². The number of fused-ring (bicyclic) bond motifs is 1. The molecule has 2 aromatic carbocycles. The summed E-state index contributed by atoms with van der Waals surface area (Å²) in [7, 11) is -3.80. The predicted molar refractivity (Wildman–Crippen MR) is 130 cm³/mol. The van der Waals surface area contributed by atoms with E-state index in [4.69, 9.17) is 4.74 Å². The van der Waals surface area contributed by atoms with Crippen molar-refractivity contribution in [1.82, 2.24) is 14.2 Å². The molecule has 3 aromatic rings. The van der Waals surface area contributed by atoms with E-state index in [1.807, 2.05) is 18.2 Å². The number of morpholine rings is 1. The molecule has 1 N–H and O–H groups in total. The lowest BCUT2D eigenvalue weighted by molar-refractivity contribution is 0.0730. The average Bonchev–Trinajstić information content (AvgIpc) is 3.26. The fraction of sp³-hybridized carbons (Fsp3) is 0.333. The molecule has 178 valence electrons. The van der Waals surface area contributed by atoms with Crippen molar-refractivity contribution in [3.63, 3.8) is 0 Å². The molecule has 34 heavy (non-hydrogen) atoms. The Hall–Kier alpha value is -2.63. The minimum absolute atomic E-state index is 0.00440. The molecule has 3 heterocycles. The maximum absolute atomic E-state index is 13.2. The third-order valence-corrected chi connectivity index (χ3v) is 8.95. The van der Waals surface area contributed by atoms with Crippen molar-refractivity contribution in [1.29, 1.82) is 0 Å². The molecule has 0 atom stereocenters. The Kier molecular flexibility index (Phi) is 6.75. The molecule has 2 aliphatic rings. The SMILES string of the molecule is O=C(Nc1nc2c(s1)CN(Cc1ccccc1)CC2)c1ccccc1S(=O)(=O)N1CCOCC1. The lowest BCUT2D eigenvalue weighted by atomic mass is 10.1. The van der Waals surface area contributed by atoms with Crippen molar-refractivity contribution < 1.29 is 17.9 Å². The molecular formula is C24H26N4O4S2. The van der Waals surface area contributed by atoms with E-state index in [1.165, 1.54) is 33.3 Å². The normalized spacial score (nSPS) is 17.3. The van der Waals surface area contributed by atoms with E-state index in [0.717, 1.165) is 36.6 Å². The van der Waals surface area contributed by atoms with Crippen LogP contribution in [0.2, 0.25) is 0 Å². The van der Waals surface area contributed by atoms with Gasteiger partial charge in [-0.2, -0.15) is 4.31 Å². The number of thiazole rings is 1. The molecule has 0 aliphatic carbocycles. The second-order valence-corrected chi connectivity index (χ2v) is 11.3. The zero-order chi connectivity index (χ0) is 23.5. The molecule has 1 amide bonds. The van der Waals surface area contributed by atoms with Crippen molar-refractivity contribution in [3.05, 3.63) is 76.3 Å². The largest absolute Gasteiger partial charge is 0.379 e. The number of nitrogens with one attached hydrogen (secondary N) is 1. The minimum atomic E-state index is -3.80. The Morgan fingerprint density at radius 2 is 1.76 bits per heavy atom. The number of rotatable bonds is 6. The Morgan fingerprint density at radius 1 is 1.03 bits per heavy atom. The summed E-state index contributed by atoms with van der Waals surface area (Å²) in [6.07, 6.45) is 0.816. The number of nitrogens with zero attached hydrogens (tertiary/aromatic N) is 3.